The molecule has 0 fully saturated rings. The Hall–Kier alpha value is -1.39. The zero-order valence-corrected chi connectivity index (χ0v) is 12.2. The van der Waals surface area contributed by atoms with Gasteiger partial charge in [-0.15, -0.1) is 0 Å². The molecule has 4 nitrogen and oxygen atoms in total. The van der Waals surface area contributed by atoms with Crippen LogP contribution in [0.3, 0.4) is 0 Å². The van der Waals surface area contributed by atoms with Crippen LogP contribution in [0.15, 0.2) is 12.1 Å². The van der Waals surface area contributed by atoms with Crippen molar-refractivity contribution in [3.8, 4) is 0 Å². The molecule has 1 aromatic rings. The van der Waals surface area contributed by atoms with Gasteiger partial charge in [0.25, 0.3) is 0 Å². The van der Waals surface area contributed by atoms with Crippen molar-refractivity contribution in [1.29, 1.82) is 0 Å². The summed E-state index contributed by atoms with van der Waals surface area (Å²) in [6.45, 7) is 7.63. The van der Waals surface area contributed by atoms with E-state index in [1.807, 2.05) is 0 Å². The molecule has 0 aliphatic heterocycles. The molecule has 1 rings (SSSR count). The van der Waals surface area contributed by atoms with E-state index in [2.05, 4.69) is 43.5 Å². The minimum absolute atomic E-state index is 0.440. The maximum Gasteiger partial charge on any atom is 0.322 e. The van der Waals surface area contributed by atoms with Gasteiger partial charge in [0.1, 0.15) is 6.04 Å². The first-order valence-corrected chi connectivity index (χ1v) is 6.63. The second kappa shape index (κ2) is 7.26. The maximum absolute atomic E-state index is 10.8. The van der Waals surface area contributed by atoms with Crippen LogP contribution < -0.4 is 10.6 Å². The van der Waals surface area contributed by atoms with E-state index >= 15 is 0 Å². The van der Waals surface area contributed by atoms with E-state index in [-0.39, 0.29) is 0 Å². The van der Waals surface area contributed by atoms with Crippen molar-refractivity contribution in [1.82, 2.24) is 10.6 Å². The molecule has 3 N–H and O–H groups in total. The molecular weight excluding hydrogens is 240 g/mol. The first-order valence-electron chi connectivity index (χ1n) is 6.63. The molecular formula is C15H24N2O2. The Bertz CT molecular complexity index is 444. The van der Waals surface area contributed by atoms with Gasteiger partial charge in [-0.2, -0.15) is 0 Å². The molecule has 19 heavy (non-hydrogen) atoms. The van der Waals surface area contributed by atoms with Gasteiger partial charge in [0.15, 0.2) is 0 Å². The Morgan fingerprint density at radius 3 is 2.53 bits per heavy atom. The van der Waals surface area contributed by atoms with Crippen molar-refractivity contribution < 1.29 is 9.90 Å². The molecule has 0 amide bonds. The molecule has 1 unspecified atom stereocenters. The Labute approximate surface area is 115 Å². The van der Waals surface area contributed by atoms with Gasteiger partial charge >= 0.3 is 5.97 Å². The summed E-state index contributed by atoms with van der Waals surface area (Å²) in [5.41, 5.74) is 5.32. The number of rotatable bonds is 7. The van der Waals surface area contributed by atoms with Crippen molar-refractivity contribution in [3.05, 3.63) is 34.4 Å². The normalized spacial score (nSPS) is 12.4. The average molecular weight is 264 g/mol. The van der Waals surface area contributed by atoms with E-state index < -0.39 is 12.0 Å². The van der Waals surface area contributed by atoms with Crippen molar-refractivity contribution in [2.24, 2.45) is 0 Å². The predicted octanol–water partition coefficient (Wildman–Crippen LogP) is 1.42. The van der Waals surface area contributed by atoms with Gasteiger partial charge in [-0.1, -0.05) is 12.1 Å². The lowest BCUT2D eigenvalue weighted by atomic mass is 9.97. The molecule has 0 saturated heterocycles. The van der Waals surface area contributed by atoms with Crippen LogP contribution in [0.4, 0.5) is 0 Å². The smallest absolute Gasteiger partial charge is 0.322 e. The fraction of sp³-hybridized carbons (Fsp3) is 0.533. The summed E-state index contributed by atoms with van der Waals surface area (Å²) in [4.78, 5) is 10.8. The van der Waals surface area contributed by atoms with Crippen LogP contribution in [-0.4, -0.2) is 37.3 Å². The summed E-state index contributed by atoms with van der Waals surface area (Å²) in [6.07, 6.45) is 0.920. The highest BCUT2D eigenvalue weighted by Gasteiger charge is 2.13. The number of hydrogen-bond donors (Lipinski definition) is 3. The second-order valence-electron chi connectivity index (χ2n) is 4.93. The minimum Gasteiger partial charge on any atom is -0.480 e. The third-order valence-corrected chi connectivity index (χ3v) is 3.74. The molecule has 0 heterocycles. The number of carbonyl (C=O) groups is 1. The van der Waals surface area contributed by atoms with Crippen LogP contribution in [0.5, 0.6) is 0 Å². The van der Waals surface area contributed by atoms with Crippen LogP contribution in [0.1, 0.15) is 22.3 Å². The van der Waals surface area contributed by atoms with Crippen LogP contribution in [0.25, 0.3) is 0 Å². The molecule has 0 aliphatic carbocycles. The summed E-state index contributed by atoms with van der Waals surface area (Å²) in [5.74, 6) is -0.822. The Morgan fingerprint density at radius 2 is 1.95 bits per heavy atom. The highest BCUT2D eigenvalue weighted by atomic mass is 16.4. The zero-order valence-electron chi connectivity index (χ0n) is 12.2. The van der Waals surface area contributed by atoms with Crippen molar-refractivity contribution in [3.63, 3.8) is 0 Å². The van der Waals surface area contributed by atoms with Gasteiger partial charge in [0.05, 0.1) is 0 Å². The molecule has 0 spiro atoms. The van der Waals surface area contributed by atoms with E-state index in [4.69, 9.17) is 5.11 Å². The summed E-state index contributed by atoms with van der Waals surface area (Å²) in [7, 11) is 1.66. The molecule has 0 radical (unpaired) electrons. The first kappa shape index (κ1) is 15.7. The highest BCUT2D eigenvalue weighted by Crippen LogP contribution is 2.17. The highest BCUT2D eigenvalue weighted by molar-refractivity contribution is 5.73. The first-order chi connectivity index (χ1) is 8.97. The molecule has 106 valence electrons. The van der Waals surface area contributed by atoms with E-state index in [0.29, 0.717) is 6.54 Å². The van der Waals surface area contributed by atoms with Crippen LogP contribution in [-0.2, 0) is 11.2 Å². The largest absolute Gasteiger partial charge is 0.480 e. The maximum atomic E-state index is 10.8. The topological polar surface area (TPSA) is 61.4 Å². The molecule has 0 bridgehead atoms. The average Bonchev–Trinajstić information content (AvgIpc) is 2.38. The van der Waals surface area contributed by atoms with Crippen LogP contribution in [0.2, 0.25) is 0 Å². The van der Waals surface area contributed by atoms with Gasteiger partial charge in [0.2, 0.25) is 0 Å². The summed E-state index contributed by atoms with van der Waals surface area (Å²) < 4.78 is 0. The third kappa shape index (κ3) is 4.33. The lowest BCUT2D eigenvalue weighted by Crippen LogP contribution is -2.43. The molecule has 1 atom stereocenters. The number of likely N-dealkylation sites (N-methyl/N-ethyl adjacent to an activating group) is 1. The molecule has 0 saturated carbocycles. The number of hydrogen-bond acceptors (Lipinski definition) is 3. The third-order valence-electron chi connectivity index (χ3n) is 3.74. The fourth-order valence-corrected chi connectivity index (χ4v) is 2.07. The Morgan fingerprint density at radius 1 is 1.26 bits per heavy atom. The van der Waals surface area contributed by atoms with Gasteiger partial charge < -0.3 is 15.7 Å². The quantitative estimate of drug-likeness (QED) is 0.652. The molecule has 4 heteroatoms. The summed E-state index contributed by atoms with van der Waals surface area (Å²) >= 11 is 0. The van der Waals surface area contributed by atoms with Gasteiger partial charge in [0, 0.05) is 6.54 Å². The molecule has 0 aliphatic rings. The summed E-state index contributed by atoms with van der Waals surface area (Å²) in [5, 5.41) is 14.8. The standard InChI is InChI=1S/C15H24N2O2/c1-10-5-6-13(12(3)11(10)2)7-8-17-9-14(16-4)15(18)19/h5-6,14,16-17H,7-9H2,1-4H3,(H,18,19). The number of aryl methyl sites for hydroxylation is 1. The van der Waals surface area contributed by atoms with E-state index in [1.54, 1.807) is 7.05 Å². The lowest BCUT2D eigenvalue weighted by molar-refractivity contribution is -0.139. The van der Waals surface area contributed by atoms with Crippen molar-refractivity contribution >= 4 is 5.97 Å². The van der Waals surface area contributed by atoms with Crippen molar-refractivity contribution in [2.75, 3.05) is 20.1 Å². The number of nitrogens with one attached hydrogen (secondary N) is 2. The summed E-state index contributed by atoms with van der Waals surface area (Å²) in [6, 6.07) is 3.78. The monoisotopic (exact) mass is 264 g/mol. The van der Waals surface area contributed by atoms with E-state index in [9.17, 15) is 4.79 Å². The van der Waals surface area contributed by atoms with E-state index in [1.165, 1.54) is 22.3 Å². The number of benzene rings is 1. The van der Waals surface area contributed by atoms with Gasteiger partial charge in [-0.05, 0) is 63.0 Å². The number of carboxylic acid groups (broad SMARTS) is 1. The lowest BCUT2D eigenvalue weighted by Gasteiger charge is -2.14. The van der Waals surface area contributed by atoms with Crippen molar-refractivity contribution in [2.45, 2.75) is 33.2 Å². The molecule has 1 aromatic carbocycles. The van der Waals surface area contributed by atoms with E-state index in [0.717, 1.165) is 13.0 Å². The number of carboxylic acids is 1. The van der Waals surface area contributed by atoms with Gasteiger partial charge in [-0.25, -0.2) is 0 Å². The van der Waals surface area contributed by atoms with Crippen LogP contribution in [0, 0.1) is 20.8 Å². The fourth-order valence-electron chi connectivity index (χ4n) is 2.07. The zero-order chi connectivity index (χ0) is 14.4. The second-order valence-corrected chi connectivity index (χ2v) is 4.93. The predicted molar refractivity (Wildman–Crippen MR) is 77.7 cm³/mol. The number of aliphatic carboxylic acids is 1. The Kier molecular flexibility index (Phi) is 5.99. The minimum atomic E-state index is -0.822. The Balaban J connectivity index is 2.46. The van der Waals surface area contributed by atoms with Gasteiger partial charge in [-0.3, -0.25) is 4.79 Å². The molecule has 0 aromatic heterocycles. The SMILES string of the molecule is CNC(CNCCc1ccc(C)c(C)c1C)C(=O)O. The van der Waals surface area contributed by atoms with Crippen LogP contribution >= 0.6 is 0 Å².